The number of hydrogen-bond donors (Lipinski definition) is 2. The van der Waals surface area contributed by atoms with Gasteiger partial charge in [-0.25, -0.2) is 19.3 Å². The van der Waals surface area contributed by atoms with Crippen molar-refractivity contribution >= 4 is 22.8 Å². The molecule has 3 rings (SSSR count). The first-order chi connectivity index (χ1) is 9.13. The largest absolute Gasteiger partial charge is 0.394 e. The minimum Gasteiger partial charge on any atom is -0.394 e. The number of hydrogen-bond acceptors (Lipinski definition) is 6. The lowest BCUT2D eigenvalue weighted by atomic mass is 10.1. The van der Waals surface area contributed by atoms with Crippen molar-refractivity contribution in [1.29, 1.82) is 0 Å². The Labute approximate surface area is 111 Å². The zero-order chi connectivity index (χ0) is 13.6. The summed E-state index contributed by atoms with van der Waals surface area (Å²) < 4.78 is 20.6. The van der Waals surface area contributed by atoms with E-state index in [9.17, 15) is 9.50 Å². The third-order valence-corrected chi connectivity index (χ3v) is 3.34. The zero-order valence-corrected chi connectivity index (χ0v) is 10.3. The topological polar surface area (TPSA) is 93.3 Å². The van der Waals surface area contributed by atoms with Crippen molar-refractivity contribution in [3.8, 4) is 0 Å². The summed E-state index contributed by atoms with van der Waals surface area (Å²) in [5.74, 6) is 0. The number of ether oxygens (including phenoxy) is 1. The lowest BCUT2D eigenvalue weighted by Gasteiger charge is -2.14. The number of aliphatic hydroxyl groups is 2. The predicted octanol–water partition coefficient (Wildman–Crippen LogP) is 0.0684. The first-order valence-corrected chi connectivity index (χ1v) is 5.92. The maximum absolute atomic E-state index is 14.0. The van der Waals surface area contributed by atoms with Gasteiger partial charge in [-0.3, -0.25) is 4.57 Å². The van der Waals surface area contributed by atoms with Crippen LogP contribution in [0.5, 0.6) is 0 Å². The third kappa shape index (κ3) is 1.88. The quantitative estimate of drug-likeness (QED) is 0.760. The van der Waals surface area contributed by atoms with Gasteiger partial charge in [0, 0.05) is 0 Å². The minimum absolute atomic E-state index is 0.149. The number of nitrogens with zero attached hydrogens (tertiary/aromatic N) is 4. The number of rotatable bonds is 2. The van der Waals surface area contributed by atoms with E-state index in [2.05, 4.69) is 15.0 Å². The summed E-state index contributed by atoms with van der Waals surface area (Å²) in [5.41, 5.74) is 0.625. The number of aliphatic hydroxyl groups excluding tert-OH is 2. The molecule has 0 saturated carbocycles. The number of aromatic nitrogens is 4. The van der Waals surface area contributed by atoms with Crippen molar-refractivity contribution in [1.82, 2.24) is 19.5 Å². The zero-order valence-electron chi connectivity index (χ0n) is 9.52. The smallest absolute Gasteiger partial charge is 0.173 e. The molecule has 3 heterocycles. The summed E-state index contributed by atoms with van der Waals surface area (Å²) in [6, 6.07) is 0. The molecule has 0 amide bonds. The van der Waals surface area contributed by atoms with Gasteiger partial charge in [0.15, 0.2) is 23.2 Å². The molecule has 7 nitrogen and oxygen atoms in total. The standard InChI is InChI=1S/C10H10ClFN4O3/c11-8-6-9(14-2-13-8)16(3-15-6)10-5(12)7(18)4(1-17)19-10/h2-5,7,10,17-18H,1H2/t4-,5-,7-,10?/m1/s1. The van der Waals surface area contributed by atoms with Crippen LogP contribution in [0.15, 0.2) is 12.7 Å². The lowest BCUT2D eigenvalue weighted by Crippen LogP contribution is -2.30. The average molecular weight is 289 g/mol. The highest BCUT2D eigenvalue weighted by Gasteiger charge is 2.45. The summed E-state index contributed by atoms with van der Waals surface area (Å²) in [5, 5.41) is 18.8. The van der Waals surface area contributed by atoms with Crippen molar-refractivity contribution in [2.45, 2.75) is 24.6 Å². The maximum atomic E-state index is 14.0. The van der Waals surface area contributed by atoms with Gasteiger partial charge in [-0.15, -0.1) is 0 Å². The van der Waals surface area contributed by atoms with E-state index in [0.717, 1.165) is 0 Å². The summed E-state index contributed by atoms with van der Waals surface area (Å²) in [4.78, 5) is 11.7. The van der Waals surface area contributed by atoms with E-state index in [1.165, 1.54) is 17.2 Å². The Balaban J connectivity index is 2.04. The summed E-state index contributed by atoms with van der Waals surface area (Å²) >= 11 is 5.85. The number of halogens is 2. The molecule has 0 bridgehead atoms. The molecular formula is C10H10ClFN4O3. The lowest BCUT2D eigenvalue weighted by molar-refractivity contribution is -0.0459. The second-order valence-corrected chi connectivity index (χ2v) is 4.53. The molecule has 1 unspecified atom stereocenters. The monoisotopic (exact) mass is 288 g/mol. The van der Waals surface area contributed by atoms with Gasteiger partial charge in [0.05, 0.1) is 12.9 Å². The van der Waals surface area contributed by atoms with Gasteiger partial charge in [0.25, 0.3) is 0 Å². The number of fused-ring (bicyclic) bond motifs is 1. The number of imidazole rings is 1. The molecule has 0 aromatic carbocycles. The molecule has 0 radical (unpaired) electrons. The molecule has 1 fully saturated rings. The van der Waals surface area contributed by atoms with Crippen molar-refractivity contribution in [2.75, 3.05) is 6.61 Å². The molecule has 0 aliphatic carbocycles. The highest BCUT2D eigenvalue weighted by molar-refractivity contribution is 6.33. The molecule has 0 spiro atoms. The van der Waals surface area contributed by atoms with Gasteiger partial charge in [-0.2, -0.15) is 0 Å². The second-order valence-electron chi connectivity index (χ2n) is 4.17. The van der Waals surface area contributed by atoms with Gasteiger partial charge >= 0.3 is 0 Å². The van der Waals surface area contributed by atoms with Crippen LogP contribution in [-0.2, 0) is 4.74 Å². The van der Waals surface area contributed by atoms with Gasteiger partial charge in [0.1, 0.15) is 24.1 Å². The van der Waals surface area contributed by atoms with E-state index < -0.39 is 31.2 Å². The molecule has 1 aliphatic rings. The number of alkyl halides is 1. The molecule has 102 valence electrons. The fourth-order valence-electron chi connectivity index (χ4n) is 2.09. The molecule has 1 aliphatic heterocycles. The van der Waals surface area contributed by atoms with Crippen LogP contribution < -0.4 is 0 Å². The first kappa shape index (κ1) is 12.7. The normalized spacial score (nSPS) is 31.2. The average Bonchev–Trinajstić information content (AvgIpc) is 2.94. The van der Waals surface area contributed by atoms with Gasteiger partial charge in [-0.05, 0) is 0 Å². The Morgan fingerprint density at radius 3 is 2.89 bits per heavy atom. The first-order valence-electron chi connectivity index (χ1n) is 5.55. The SMILES string of the molecule is OC[C@H]1OC(n2cnc3c(Cl)ncnc32)[C@H](F)[C@@H]1O. The van der Waals surface area contributed by atoms with E-state index in [-0.39, 0.29) is 5.15 Å². The molecular weight excluding hydrogens is 279 g/mol. The Bertz CT molecular complexity index is 609. The Morgan fingerprint density at radius 1 is 1.42 bits per heavy atom. The molecule has 9 heteroatoms. The van der Waals surface area contributed by atoms with Crippen LogP contribution in [0.4, 0.5) is 4.39 Å². The van der Waals surface area contributed by atoms with Crippen LogP contribution in [-0.4, -0.2) is 54.7 Å². The Hall–Kier alpha value is -1.35. The van der Waals surface area contributed by atoms with Crippen molar-refractivity contribution < 1.29 is 19.3 Å². The molecule has 2 aromatic heterocycles. The summed E-state index contributed by atoms with van der Waals surface area (Å²) in [7, 11) is 0. The van der Waals surface area contributed by atoms with E-state index in [1.807, 2.05) is 0 Å². The Kier molecular flexibility index (Phi) is 3.09. The van der Waals surface area contributed by atoms with Crippen molar-refractivity contribution in [3.05, 3.63) is 17.8 Å². The predicted molar refractivity (Wildman–Crippen MR) is 62.2 cm³/mol. The van der Waals surface area contributed by atoms with Gasteiger partial charge in [0.2, 0.25) is 0 Å². The fourth-order valence-corrected chi connectivity index (χ4v) is 2.26. The molecule has 2 N–H and O–H groups in total. The van der Waals surface area contributed by atoms with Crippen LogP contribution in [0.3, 0.4) is 0 Å². The van der Waals surface area contributed by atoms with E-state index in [1.54, 1.807) is 0 Å². The van der Waals surface area contributed by atoms with Crippen LogP contribution in [0.2, 0.25) is 5.15 Å². The van der Waals surface area contributed by atoms with Crippen molar-refractivity contribution in [3.63, 3.8) is 0 Å². The maximum Gasteiger partial charge on any atom is 0.173 e. The van der Waals surface area contributed by atoms with E-state index >= 15 is 0 Å². The molecule has 4 atom stereocenters. The highest BCUT2D eigenvalue weighted by atomic mass is 35.5. The Morgan fingerprint density at radius 2 is 2.21 bits per heavy atom. The summed E-state index contributed by atoms with van der Waals surface area (Å²) in [6.07, 6.45) is -2.63. The van der Waals surface area contributed by atoms with Crippen LogP contribution in [0.25, 0.3) is 11.2 Å². The van der Waals surface area contributed by atoms with Crippen LogP contribution in [0, 0.1) is 0 Å². The van der Waals surface area contributed by atoms with Crippen LogP contribution in [0.1, 0.15) is 6.23 Å². The van der Waals surface area contributed by atoms with Crippen molar-refractivity contribution in [2.24, 2.45) is 0 Å². The third-order valence-electron chi connectivity index (χ3n) is 3.06. The highest BCUT2D eigenvalue weighted by Crippen LogP contribution is 2.33. The fraction of sp³-hybridized carbons (Fsp3) is 0.500. The van der Waals surface area contributed by atoms with Crippen LogP contribution >= 0.6 is 11.6 Å². The minimum atomic E-state index is -1.69. The summed E-state index contributed by atoms with van der Waals surface area (Å²) in [6.45, 7) is -0.472. The van der Waals surface area contributed by atoms with E-state index in [4.69, 9.17) is 21.4 Å². The molecule has 2 aromatic rings. The van der Waals surface area contributed by atoms with Gasteiger partial charge < -0.3 is 14.9 Å². The van der Waals surface area contributed by atoms with Gasteiger partial charge in [-0.1, -0.05) is 11.6 Å². The van der Waals surface area contributed by atoms with E-state index in [0.29, 0.717) is 11.2 Å². The molecule has 19 heavy (non-hydrogen) atoms. The molecule has 1 saturated heterocycles. The second kappa shape index (κ2) is 4.64.